The van der Waals surface area contributed by atoms with Crippen LogP contribution < -0.4 is 5.32 Å². The highest BCUT2D eigenvalue weighted by molar-refractivity contribution is 5.95. The van der Waals surface area contributed by atoms with Gasteiger partial charge < -0.3 is 10.2 Å². The molecule has 6 heteroatoms. The van der Waals surface area contributed by atoms with E-state index in [0.29, 0.717) is 18.5 Å². The largest absolute Gasteiger partial charge is 0.349 e. The van der Waals surface area contributed by atoms with Crippen LogP contribution in [-0.4, -0.2) is 40.5 Å². The Morgan fingerprint density at radius 1 is 1.20 bits per heavy atom. The van der Waals surface area contributed by atoms with Crippen molar-refractivity contribution in [3.05, 3.63) is 66.0 Å². The molecule has 130 valence electrons. The fraction of sp³-hybridized carbons (Fsp3) is 0.316. The van der Waals surface area contributed by atoms with E-state index in [4.69, 9.17) is 0 Å². The van der Waals surface area contributed by atoms with Crippen LogP contribution in [0.15, 0.2) is 54.9 Å². The molecule has 0 aliphatic carbocycles. The van der Waals surface area contributed by atoms with E-state index < -0.39 is 11.6 Å². The van der Waals surface area contributed by atoms with Crippen molar-refractivity contribution >= 4 is 11.8 Å². The zero-order chi connectivity index (χ0) is 17.7. The molecule has 1 aromatic carbocycles. The molecule has 25 heavy (non-hydrogen) atoms. The highest BCUT2D eigenvalue weighted by atomic mass is 19.1. The normalized spacial score (nSPS) is 20.1. The highest BCUT2D eigenvalue weighted by Gasteiger charge is 2.43. The van der Waals surface area contributed by atoms with Gasteiger partial charge in [-0.1, -0.05) is 24.3 Å². The summed E-state index contributed by atoms with van der Waals surface area (Å²) in [6.07, 6.45) is 3.83. The van der Waals surface area contributed by atoms with E-state index in [-0.39, 0.29) is 25.4 Å². The van der Waals surface area contributed by atoms with Gasteiger partial charge in [0.25, 0.3) is 11.8 Å². The fourth-order valence-corrected chi connectivity index (χ4v) is 2.98. The second kappa shape index (κ2) is 7.42. The number of hydrogen-bond acceptors (Lipinski definition) is 3. The third kappa shape index (κ3) is 4.02. The molecule has 3 rings (SSSR count). The summed E-state index contributed by atoms with van der Waals surface area (Å²) in [4.78, 5) is 30.2. The first-order valence-electron chi connectivity index (χ1n) is 8.29. The third-order valence-electron chi connectivity index (χ3n) is 4.33. The molecular formula is C19H20FN3O2. The lowest BCUT2D eigenvalue weighted by Crippen LogP contribution is -2.55. The molecule has 2 aromatic rings. The molecule has 0 bridgehead atoms. The predicted molar refractivity (Wildman–Crippen MR) is 91.5 cm³/mol. The van der Waals surface area contributed by atoms with Gasteiger partial charge >= 0.3 is 0 Å². The summed E-state index contributed by atoms with van der Waals surface area (Å²) in [5.74, 6) is -0.927. The van der Waals surface area contributed by atoms with Gasteiger partial charge in [-0.25, -0.2) is 4.39 Å². The summed E-state index contributed by atoms with van der Waals surface area (Å²) in [6.45, 7) is 0.444. The molecule has 1 aliphatic heterocycles. The summed E-state index contributed by atoms with van der Waals surface area (Å²) < 4.78 is 15.2. The van der Waals surface area contributed by atoms with E-state index in [1.54, 1.807) is 42.7 Å². The average Bonchev–Trinajstić information content (AvgIpc) is 2.67. The van der Waals surface area contributed by atoms with Gasteiger partial charge in [0, 0.05) is 31.0 Å². The lowest BCUT2D eigenvalue weighted by molar-refractivity contribution is -0.136. The lowest BCUT2D eigenvalue weighted by atomic mass is 9.93. The van der Waals surface area contributed by atoms with Crippen LogP contribution in [0.5, 0.6) is 0 Å². The molecule has 1 atom stereocenters. The summed E-state index contributed by atoms with van der Waals surface area (Å²) in [6, 6.07) is 12.3. The average molecular weight is 341 g/mol. The number of hydrogen-bond donors (Lipinski definition) is 1. The van der Waals surface area contributed by atoms with E-state index in [9.17, 15) is 9.59 Å². The van der Waals surface area contributed by atoms with E-state index in [2.05, 4.69) is 10.3 Å². The Balaban J connectivity index is 1.64. The van der Waals surface area contributed by atoms with Gasteiger partial charge in [0.1, 0.15) is 0 Å². The molecule has 0 saturated carbocycles. The first-order chi connectivity index (χ1) is 12.1. The van der Waals surface area contributed by atoms with Crippen LogP contribution in [0.2, 0.25) is 0 Å². The molecule has 0 radical (unpaired) electrons. The minimum atomic E-state index is -2.06. The van der Waals surface area contributed by atoms with Gasteiger partial charge in [0.15, 0.2) is 0 Å². The zero-order valence-corrected chi connectivity index (χ0v) is 13.8. The van der Waals surface area contributed by atoms with Gasteiger partial charge in [-0.05, 0) is 36.6 Å². The fourth-order valence-electron chi connectivity index (χ4n) is 2.98. The molecular weight excluding hydrogens is 321 g/mol. The van der Waals surface area contributed by atoms with Crippen LogP contribution in [0.1, 0.15) is 28.8 Å². The van der Waals surface area contributed by atoms with Crippen molar-refractivity contribution in [2.75, 3.05) is 13.1 Å². The van der Waals surface area contributed by atoms with Gasteiger partial charge in [-0.15, -0.1) is 0 Å². The predicted octanol–water partition coefficient (Wildman–Crippen LogP) is 2.34. The standard InChI is InChI=1S/C19H20FN3O2/c20-19(18(25)22-13-15-6-4-10-21-12-15)9-5-11-23(14-19)17(24)16-7-2-1-3-8-16/h1-4,6-8,10,12H,5,9,11,13-14H2,(H,22,25). The molecule has 1 N–H and O–H groups in total. The number of piperidine rings is 1. The van der Waals surface area contributed by atoms with E-state index in [1.807, 2.05) is 12.1 Å². The number of halogens is 1. The minimum Gasteiger partial charge on any atom is -0.349 e. The lowest BCUT2D eigenvalue weighted by Gasteiger charge is -2.36. The number of likely N-dealkylation sites (tertiary alicyclic amines) is 1. The van der Waals surface area contributed by atoms with Crippen LogP contribution in [0.3, 0.4) is 0 Å². The Hall–Kier alpha value is -2.76. The molecule has 1 unspecified atom stereocenters. The molecule has 2 heterocycles. The number of nitrogens with one attached hydrogen (secondary N) is 1. The summed E-state index contributed by atoms with van der Waals surface area (Å²) in [5.41, 5.74) is -0.764. The summed E-state index contributed by atoms with van der Waals surface area (Å²) in [5, 5.41) is 2.62. The molecule has 1 saturated heterocycles. The molecule has 1 aliphatic rings. The molecule has 5 nitrogen and oxygen atoms in total. The number of rotatable bonds is 4. The second-order valence-corrected chi connectivity index (χ2v) is 6.21. The zero-order valence-electron chi connectivity index (χ0n) is 13.8. The van der Waals surface area contributed by atoms with Crippen molar-refractivity contribution in [1.82, 2.24) is 15.2 Å². The molecule has 2 amide bonds. The first-order valence-corrected chi connectivity index (χ1v) is 8.29. The van der Waals surface area contributed by atoms with Crippen LogP contribution in [0, 0.1) is 0 Å². The molecule has 0 spiro atoms. The number of alkyl halides is 1. The maximum absolute atomic E-state index is 15.2. The quantitative estimate of drug-likeness (QED) is 0.928. The number of amides is 2. The van der Waals surface area contributed by atoms with Crippen LogP contribution >= 0.6 is 0 Å². The second-order valence-electron chi connectivity index (χ2n) is 6.21. The Labute approximate surface area is 145 Å². The molecule has 1 fully saturated rings. The van der Waals surface area contributed by atoms with Gasteiger partial charge in [-0.3, -0.25) is 14.6 Å². The Kier molecular flexibility index (Phi) is 5.07. The van der Waals surface area contributed by atoms with Crippen LogP contribution in [0.4, 0.5) is 4.39 Å². The van der Waals surface area contributed by atoms with Crippen LogP contribution in [-0.2, 0) is 11.3 Å². The van der Waals surface area contributed by atoms with Gasteiger partial charge in [0.2, 0.25) is 5.67 Å². The van der Waals surface area contributed by atoms with E-state index in [1.165, 1.54) is 4.90 Å². The smallest absolute Gasteiger partial charge is 0.259 e. The maximum atomic E-state index is 15.2. The monoisotopic (exact) mass is 341 g/mol. The first kappa shape index (κ1) is 17.1. The van der Waals surface area contributed by atoms with Crippen molar-refractivity contribution in [3.8, 4) is 0 Å². The van der Waals surface area contributed by atoms with Gasteiger partial charge in [0.05, 0.1) is 6.54 Å². The van der Waals surface area contributed by atoms with Crippen molar-refractivity contribution < 1.29 is 14.0 Å². The minimum absolute atomic E-state index is 0.116. The number of carbonyl (C=O) groups is 2. The molecule has 1 aromatic heterocycles. The third-order valence-corrected chi connectivity index (χ3v) is 4.33. The maximum Gasteiger partial charge on any atom is 0.259 e. The number of pyridine rings is 1. The summed E-state index contributed by atoms with van der Waals surface area (Å²) in [7, 11) is 0. The van der Waals surface area contributed by atoms with Crippen molar-refractivity contribution in [2.45, 2.75) is 25.1 Å². The van der Waals surface area contributed by atoms with E-state index >= 15 is 4.39 Å². The van der Waals surface area contributed by atoms with E-state index in [0.717, 1.165) is 5.56 Å². The Bertz CT molecular complexity index is 739. The topological polar surface area (TPSA) is 62.3 Å². The number of nitrogens with zero attached hydrogens (tertiary/aromatic N) is 2. The van der Waals surface area contributed by atoms with Crippen LogP contribution in [0.25, 0.3) is 0 Å². The van der Waals surface area contributed by atoms with Crippen molar-refractivity contribution in [1.29, 1.82) is 0 Å². The van der Waals surface area contributed by atoms with Crippen molar-refractivity contribution in [2.24, 2.45) is 0 Å². The number of carbonyl (C=O) groups excluding carboxylic acids is 2. The Morgan fingerprint density at radius 2 is 2.00 bits per heavy atom. The van der Waals surface area contributed by atoms with Gasteiger partial charge in [-0.2, -0.15) is 0 Å². The summed E-state index contributed by atoms with van der Waals surface area (Å²) >= 11 is 0. The Morgan fingerprint density at radius 3 is 2.72 bits per heavy atom. The number of aromatic nitrogens is 1. The van der Waals surface area contributed by atoms with Crippen molar-refractivity contribution in [3.63, 3.8) is 0 Å². The number of benzene rings is 1. The highest BCUT2D eigenvalue weighted by Crippen LogP contribution is 2.27. The SMILES string of the molecule is O=C(c1ccccc1)N1CCCC(F)(C(=O)NCc2cccnc2)C1.